The van der Waals surface area contributed by atoms with E-state index in [-0.39, 0.29) is 18.4 Å². The van der Waals surface area contributed by atoms with Gasteiger partial charge >= 0.3 is 0 Å². The standard InChI is InChI=1S/C22H29N3O4/c1-3-4-14-29-20-8-6-5-7-19(20)24-16-21(26)25-18-11-9-17(10-12-18)22(27)23-13-15-28-2/h5-12,24H,3-4,13-16H2,1-2H3,(H,23,27)(H,25,26). The van der Waals surface area contributed by atoms with Gasteiger partial charge < -0.3 is 25.4 Å². The number of para-hydroxylation sites is 2. The second-order valence-electron chi connectivity index (χ2n) is 6.43. The smallest absolute Gasteiger partial charge is 0.251 e. The Morgan fingerprint density at radius 3 is 2.48 bits per heavy atom. The van der Waals surface area contributed by atoms with Crippen molar-refractivity contribution in [2.45, 2.75) is 19.8 Å². The van der Waals surface area contributed by atoms with E-state index >= 15 is 0 Å². The quantitative estimate of drug-likeness (QED) is 0.477. The van der Waals surface area contributed by atoms with Gasteiger partial charge in [-0.2, -0.15) is 0 Å². The SMILES string of the molecule is CCCCOc1ccccc1NCC(=O)Nc1ccc(C(=O)NCCOC)cc1. The third-order valence-electron chi connectivity index (χ3n) is 4.10. The van der Waals surface area contributed by atoms with Crippen molar-refractivity contribution in [2.75, 3.05) is 44.0 Å². The fourth-order valence-electron chi connectivity index (χ4n) is 2.52. The Bertz CT molecular complexity index is 778. The molecule has 0 aliphatic rings. The number of anilines is 2. The molecule has 0 bridgehead atoms. The normalized spacial score (nSPS) is 10.3. The maximum Gasteiger partial charge on any atom is 0.251 e. The van der Waals surface area contributed by atoms with Crippen molar-refractivity contribution in [3.63, 3.8) is 0 Å². The fourth-order valence-corrected chi connectivity index (χ4v) is 2.52. The molecular formula is C22H29N3O4. The molecule has 2 amide bonds. The van der Waals surface area contributed by atoms with E-state index in [2.05, 4.69) is 22.9 Å². The number of benzene rings is 2. The van der Waals surface area contributed by atoms with Gasteiger partial charge in [0, 0.05) is 24.9 Å². The van der Waals surface area contributed by atoms with Gasteiger partial charge in [0.05, 0.1) is 25.4 Å². The summed E-state index contributed by atoms with van der Waals surface area (Å²) in [6.45, 7) is 3.77. The summed E-state index contributed by atoms with van der Waals surface area (Å²) in [4.78, 5) is 24.2. The van der Waals surface area contributed by atoms with Crippen LogP contribution in [0.1, 0.15) is 30.1 Å². The van der Waals surface area contributed by atoms with Gasteiger partial charge in [-0.25, -0.2) is 0 Å². The van der Waals surface area contributed by atoms with Crippen molar-refractivity contribution in [1.29, 1.82) is 0 Å². The monoisotopic (exact) mass is 399 g/mol. The molecule has 29 heavy (non-hydrogen) atoms. The first-order valence-corrected chi connectivity index (χ1v) is 9.76. The van der Waals surface area contributed by atoms with Gasteiger partial charge in [0.1, 0.15) is 5.75 Å². The van der Waals surface area contributed by atoms with Gasteiger partial charge in [-0.3, -0.25) is 9.59 Å². The van der Waals surface area contributed by atoms with Crippen molar-refractivity contribution in [3.05, 3.63) is 54.1 Å². The molecule has 2 rings (SSSR count). The van der Waals surface area contributed by atoms with E-state index in [1.165, 1.54) is 0 Å². The van der Waals surface area contributed by atoms with Crippen LogP contribution in [0, 0.1) is 0 Å². The van der Waals surface area contributed by atoms with E-state index < -0.39 is 0 Å². The minimum Gasteiger partial charge on any atom is -0.491 e. The third-order valence-corrected chi connectivity index (χ3v) is 4.10. The number of carbonyl (C=O) groups is 2. The highest BCUT2D eigenvalue weighted by atomic mass is 16.5. The summed E-state index contributed by atoms with van der Waals surface area (Å²) in [5.74, 6) is 0.365. The molecular weight excluding hydrogens is 370 g/mol. The number of nitrogens with one attached hydrogen (secondary N) is 3. The Balaban J connectivity index is 1.83. The molecule has 0 spiro atoms. The first-order chi connectivity index (χ1) is 14.1. The molecule has 3 N–H and O–H groups in total. The molecule has 0 radical (unpaired) electrons. The largest absolute Gasteiger partial charge is 0.491 e. The molecule has 0 saturated heterocycles. The number of hydrogen-bond donors (Lipinski definition) is 3. The van der Waals surface area contributed by atoms with Crippen LogP contribution in [0.4, 0.5) is 11.4 Å². The summed E-state index contributed by atoms with van der Waals surface area (Å²) in [6, 6.07) is 14.3. The number of methoxy groups -OCH3 is 1. The Labute approximate surface area is 171 Å². The van der Waals surface area contributed by atoms with E-state index in [1.807, 2.05) is 24.3 Å². The summed E-state index contributed by atoms with van der Waals surface area (Å²) in [6.07, 6.45) is 2.04. The van der Waals surface area contributed by atoms with Crippen molar-refractivity contribution in [2.24, 2.45) is 0 Å². The molecule has 0 atom stereocenters. The highest BCUT2D eigenvalue weighted by molar-refractivity contribution is 5.96. The Kier molecular flexibility index (Phi) is 9.51. The van der Waals surface area contributed by atoms with Crippen LogP contribution in [-0.4, -0.2) is 45.2 Å². The van der Waals surface area contributed by atoms with Crippen LogP contribution in [0.5, 0.6) is 5.75 Å². The molecule has 0 heterocycles. The van der Waals surface area contributed by atoms with Crippen LogP contribution in [0.15, 0.2) is 48.5 Å². The minimum absolute atomic E-state index is 0.105. The third kappa shape index (κ3) is 7.83. The number of hydrogen-bond acceptors (Lipinski definition) is 5. The number of carbonyl (C=O) groups excluding carboxylic acids is 2. The van der Waals surface area contributed by atoms with Crippen molar-refractivity contribution in [1.82, 2.24) is 5.32 Å². The van der Waals surface area contributed by atoms with Crippen LogP contribution < -0.4 is 20.7 Å². The van der Waals surface area contributed by atoms with Gasteiger partial charge in [0.25, 0.3) is 5.91 Å². The lowest BCUT2D eigenvalue weighted by Gasteiger charge is -2.13. The predicted molar refractivity (Wildman–Crippen MR) is 115 cm³/mol. The summed E-state index contributed by atoms with van der Waals surface area (Å²) in [7, 11) is 1.58. The van der Waals surface area contributed by atoms with Gasteiger partial charge in [-0.05, 0) is 42.8 Å². The predicted octanol–water partition coefficient (Wildman–Crippen LogP) is 3.29. The van der Waals surface area contributed by atoms with Crippen molar-refractivity contribution < 1.29 is 19.1 Å². The first kappa shape index (κ1) is 22.2. The maximum atomic E-state index is 12.2. The minimum atomic E-state index is -0.189. The Morgan fingerprint density at radius 2 is 1.76 bits per heavy atom. The van der Waals surface area contributed by atoms with E-state index in [4.69, 9.17) is 9.47 Å². The van der Waals surface area contributed by atoms with Crippen molar-refractivity contribution >= 4 is 23.2 Å². The number of ether oxygens (including phenoxy) is 2. The molecule has 0 unspecified atom stereocenters. The summed E-state index contributed by atoms with van der Waals surface area (Å²) < 4.78 is 10.7. The highest BCUT2D eigenvalue weighted by Gasteiger charge is 2.08. The molecule has 156 valence electrons. The Morgan fingerprint density at radius 1 is 1.00 bits per heavy atom. The summed E-state index contributed by atoms with van der Waals surface area (Å²) in [5, 5.41) is 8.66. The molecule has 0 aliphatic heterocycles. The molecule has 0 aromatic heterocycles. The molecule has 2 aromatic carbocycles. The number of rotatable bonds is 12. The molecule has 7 heteroatoms. The zero-order valence-electron chi connectivity index (χ0n) is 17.0. The van der Waals surface area contributed by atoms with Crippen LogP contribution in [-0.2, 0) is 9.53 Å². The van der Waals surface area contributed by atoms with E-state index in [1.54, 1.807) is 31.4 Å². The molecule has 0 aliphatic carbocycles. The van der Waals surface area contributed by atoms with Crippen LogP contribution in [0.2, 0.25) is 0 Å². The number of unbranched alkanes of at least 4 members (excludes halogenated alkanes) is 1. The molecule has 2 aromatic rings. The molecule has 0 saturated carbocycles. The van der Waals surface area contributed by atoms with Crippen LogP contribution >= 0.6 is 0 Å². The number of amides is 2. The zero-order valence-corrected chi connectivity index (χ0v) is 17.0. The van der Waals surface area contributed by atoms with Gasteiger partial charge in [0.2, 0.25) is 5.91 Å². The van der Waals surface area contributed by atoms with E-state index in [0.717, 1.165) is 24.3 Å². The average molecular weight is 399 g/mol. The van der Waals surface area contributed by atoms with Crippen LogP contribution in [0.25, 0.3) is 0 Å². The lowest BCUT2D eigenvalue weighted by molar-refractivity contribution is -0.114. The van der Waals surface area contributed by atoms with E-state index in [0.29, 0.717) is 31.0 Å². The lowest BCUT2D eigenvalue weighted by atomic mass is 10.2. The van der Waals surface area contributed by atoms with Gasteiger partial charge in [0.15, 0.2) is 0 Å². The summed E-state index contributed by atoms with van der Waals surface area (Å²) in [5.41, 5.74) is 1.93. The molecule has 7 nitrogen and oxygen atoms in total. The van der Waals surface area contributed by atoms with Crippen LogP contribution in [0.3, 0.4) is 0 Å². The highest BCUT2D eigenvalue weighted by Crippen LogP contribution is 2.23. The van der Waals surface area contributed by atoms with Crippen molar-refractivity contribution in [3.8, 4) is 5.75 Å². The summed E-state index contributed by atoms with van der Waals surface area (Å²) >= 11 is 0. The fraction of sp³-hybridized carbons (Fsp3) is 0.364. The zero-order chi connectivity index (χ0) is 20.9. The topological polar surface area (TPSA) is 88.7 Å². The van der Waals surface area contributed by atoms with E-state index in [9.17, 15) is 9.59 Å². The lowest BCUT2D eigenvalue weighted by Crippen LogP contribution is -2.27. The van der Waals surface area contributed by atoms with Gasteiger partial charge in [-0.1, -0.05) is 25.5 Å². The van der Waals surface area contributed by atoms with Gasteiger partial charge in [-0.15, -0.1) is 0 Å². The Hall–Kier alpha value is -3.06. The second kappa shape index (κ2) is 12.4. The molecule has 0 fully saturated rings. The second-order valence-corrected chi connectivity index (χ2v) is 6.43. The maximum absolute atomic E-state index is 12.2. The average Bonchev–Trinajstić information content (AvgIpc) is 2.74. The first-order valence-electron chi connectivity index (χ1n) is 9.76.